The maximum Gasteiger partial charge on any atom is 0.141 e. The Balaban J connectivity index is 1.67. The van der Waals surface area contributed by atoms with Gasteiger partial charge in [0.15, 0.2) is 0 Å². The van der Waals surface area contributed by atoms with Crippen LogP contribution in [0.25, 0.3) is 11.3 Å². The Hall–Kier alpha value is -2.50. The fraction of sp³-hybridized carbons (Fsp3) is 0.423. The number of aromatic amines is 1. The van der Waals surface area contributed by atoms with Crippen molar-refractivity contribution in [3.8, 4) is 22.8 Å². The highest BCUT2D eigenvalue weighted by molar-refractivity contribution is 6.32. The summed E-state index contributed by atoms with van der Waals surface area (Å²) in [5.74, 6) is 1.44. The first-order valence-corrected chi connectivity index (χ1v) is 12.0. The molecule has 172 valence electrons. The lowest BCUT2D eigenvalue weighted by atomic mass is 10.1. The van der Waals surface area contributed by atoms with Crippen molar-refractivity contribution >= 4 is 11.6 Å². The van der Waals surface area contributed by atoms with E-state index in [4.69, 9.17) is 21.1 Å². The largest absolute Gasteiger partial charge is 0.493 e. The molecule has 5 nitrogen and oxygen atoms in total. The molecular formula is C26H34ClN3O2. The SMILES string of the molecule is CCCCOc1cc(OCCCC)c(-c2cc(CCNCc3ccccc3)n[nH]2)cc1Cl. The van der Waals surface area contributed by atoms with Gasteiger partial charge in [0.25, 0.3) is 0 Å². The van der Waals surface area contributed by atoms with Crippen molar-refractivity contribution in [2.24, 2.45) is 0 Å². The molecule has 0 saturated carbocycles. The molecule has 0 aliphatic rings. The third-order valence-electron chi connectivity index (χ3n) is 5.20. The third kappa shape index (κ3) is 7.28. The molecule has 0 radical (unpaired) electrons. The van der Waals surface area contributed by atoms with Crippen LogP contribution in [0.3, 0.4) is 0 Å². The van der Waals surface area contributed by atoms with Gasteiger partial charge < -0.3 is 14.8 Å². The van der Waals surface area contributed by atoms with E-state index in [1.807, 2.05) is 18.2 Å². The van der Waals surface area contributed by atoms with E-state index in [2.05, 4.69) is 59.7 Å². The molecule has 2 aromatic carbocycles. The Morgan fingerprint density at radius 2 is 1.66 bits per heavy atom. The third-order valence-corrected chi connectivity index (χ3v) is 5.49. The number of hydrogen-bond donors (Lipinski definition) is 2. The first-order chi connectivity index (χ1) is 15.7. The smallest absolute Gasteiger partial charge is 0.141 e. The first kappa shape index (κ1) is 24.1. The van der Waals surface area contributed by atoms with Crippen molar-refractivity contribution in [2.75, 3.05) is 19.8 Å². The Bertz CT molecular complexity index is 943. The van der Waals surface area contributed by atoms with Gasteiger partial charge in [-0.1, -0.05) is 68.6 Å². The zero-order valence-electron chi connectivity index (χ0n) is 19.1. The van der Waals surface area contributed by atoms with Crippen LogP contribution in [-0.2, 0) is 13.0 Å². The number of halogens is 1. The van der Waals surface area contributed by atoms with Gasteiger partial charge in [-0.15, -0.1) is 0 Å². The van der Waals surface area contributed by atoms with Gasteiger partial charge >= 0.3 is 0 Å². The molecule has 32 heavy (non-hydrogen) atoms. The van der Waals surface area contributed by atoms with E-state index in [0.29, 0.717) is 24.0 Å². The van der Waals surface area contributed by atoms with Crippen LogP contribution in [0.15, 0.2) is 48.5 Å². The van der Waals surface area contributed by atoms with Crippen molar-refractivity contribution in [3.63, 3.8) is 0 Å². The average Bonchev–Trinajstić information content (AvgIpc) is 3.28. The summed E-state index contributed by atoms with van der Waals surface area (Å²) in [5.41, 5.74) is 4.08. The molecule has 3 rings (SSSR count). The molecule has 2 N–H and O–H groups in total. The number of ether oxygens (including phenoxy) is 2. The molecule has 0 bridgehead atoms. The molecule has 0 atom stereocenters. The van der Waals surface area contributed by atoms with Crippen LogP contribution in [0.1, 0.15) is 50.8 Å². The molecule has 6 heteroatoms. The molecule has 0 fully saturated rings. The van der Waals surface area contributed by atoms with Crippen LogP contribution in [0.4, 0.5) is 0 Å². The second-order valence-electron chi connectivity index (χ2n) is 7.87. The molecule has 1 heterocycles. The molecular weight excluding hydrogens is 422 g/mol. The van der Waals surface area contributed by atoms with Crippen molar-refractivity contribution in [2.45, 2.75) is 52.5 Å². The standard InChI is InChI=1S/C26H34ClN3O2/c1-3-5-14-31-25-18-26(32-15-6-4-2)23(27)17-22(25)24-16-21(29-30-24)12-13-28-19-20-10-8-7-9-11-20/h7-11,16-18,28H,3-6,12-15,19H2,1-2H3,(H,29,30). The summed E-state index contributed by atoms with van der Waals surface area (Å²) < 4.78 is 12.0. The van der Waals surface area contributed by atoms with Crippen LogP contribution < -0.4 is 14.8 Å². The highest BCUT2D eigenvalue weighted by atomic mass is 35.5. The van der Waals surface area contributed by atoms with Crippen molar-refractivity contribution in [3.05, 3.63) is 64.8 Å². The average molecular weight is 456 g/mol. The van der Waals surface area contributed by atoms with E-state index in [-0.39, 0.29) is 0 Å². The van der Waals surface area contributed by atoms with E-state index in [1.165, 1.54) is 5.56 Å². The fourth-order valence-corrected chi connectivity index (χ4v) is 3.52. The molecule has 1 aromatic heterocycles. The summed E-state index contributed by atoms with van der Waals surface area (Å²) >= 11 is 6.53. The lowest BCUT2D eigenvalue weighted by Crippen LogP contribution is -2.16. The van der Waals surface area contributed by atoms with E-state index < -0.39 is 0 Å². The molecule has 0 amide bonds. The van der Waals surface area contributed by atoms with E-state index in [9.17, 15) is 0 Å². The summed E-state index contributed by atoms with van der Waals surface area (Å²) in [7, 11) is 0. The quantitative estimate of drug-likeness (QED) is 0.275. The van der Waals surface area contributed by atoms with Gasteiger partial charge in [0.2, 0.25) is 0 Å². The zero-order chi connectivity index (χ0) is 22.6. The second kappa shape index (κ2) is 13.1. The predicted octanol–water partition coefficient (Wildman–Crippen LogP) is 6.42. The number of benzene rings is 2. The van der Waals surface area contributed by atoms with Gasteiger partial charge in [-0.05, 0) is 30.5 Å². The lowest BCUT2D eigenvalue weighted by molar-refractivity contribution is 0.295. The topological polar surface area (TPSA) is 59.2 Å². The number of nitrogens with zero attached hydrogens (tertiary/aromatic N) is 1. The molecule has 0 saturated heterocycles. The monoisotopic (exact) mass is 455 g/mol. The van der Waals surface area contributed by atoms with Gasteiger partial charge in [0.1, 0.15) is 11.5 Å². The minimum atomic E-state index is 0.583. The zero-order valence-corrected chi connectivity index (χ0v) is 19.9. The highest BCUT2D eigenvalue weighted by Gasteiger charge is 2.15. The van der Waals surface area contributed by atoms with Crippen molar-refractivity contribution < 1.29 is 9.47 Å². The molecule has 0 aliphatic carbocycles. The maximum absolute atomic E-state index is 6.53. The maximum atomic E-state index is 6.53. The van der Waals surface area contributed by atoms with Gasteiger partial charge in [-0.25, -0.2) is 0 Å². The summed E-state index contributed by atoms with van der Waals surface area (Å²) in [5, 5.41) is 11.7. The second-order valence-corrected chi connectivity index (χ2v) is 8.28. The van der Waals surface area contributed by atoms with Crippen LogP contribution in [0.2, 0.25) is 5.02 Å². The van der Waals surface area contributed by atoms with E-state index >= 15 is 0 Å². The lowest BCUT2D eigenvalue weighted by Gasteiger charge is -2.14. The normalized spacial score (nSPS) is 11.0. The molecule has 3 aromatic rings. The van der Waals surface area contributed by atoms with Crippen LogP contribution in [0, 0.1) is 0 Å². The minimum absolute atomic E-state index is 0.583. The fourth-order valence-electron chi connectivity index (χ4n) is 3.30. The summed E-state index contributed by atoms with van der Waals surface area (Å²) in [6, 6.07) is 16.3. The van der Waals surface area contributed by atoms with Gasteiger partial charge in [0, 0.05) is 31.1 Å². The number of aromatic nitrogens is 2. The Morgan fingerprint density at radius 1 is 0.938 bits per heavy atom. The first-order valence-electron chi connectivity index (χ1n) is 11.6. The predicted molar refractivity (Wildman–Crippen MR) is 132 cm³/mol. The molecule has 0 unspecified atom stereocenters. The van der Waals surface area contributed by atoms with Crippen molar-refractivity contribution in [1.29, 1.82) is 0 Å². The number of unbranched alkanes of at least 4 members (excludes halogenated alkanes) is 2. The molecule has 0 aliphatic heterocycles. The number of rotatable bonds is 14. The highest BCUT2D eigenvalue weighted by Crippen LogP contribution is 2.38. The Kier molecular flexibility index (Phi) is 9.92. The summed E-state index contributed by atoms with van der Waals surface area (Å²) in [6.07, 6.45) is 4.97. The van der Waals surface area contributed by atoms with Crippen LogP contribution in [0.5, 0.6) is 11.5 Å². The minimum Gasteiger partial charge on any atom is -0.493 e. The van der Waals surface area contributed by atoms with E-state index in [1.54, 1.807) is 0 Å². The Labute approximate surface area is 196 Å². The molecule has 0 spiro atoms. The van der Waals surface area contributed by atoms with Crippen molar-refractivity contribution in [1.82, 2.24) is 15.5 Å². The summed E-state index contributed by atoms with van der Waals surface area (Å²) in [4.78, 5) is 0. The van der Waals surface area contributed by atoms with Gasteiger partial charge in [0.05, 0.1) is 29.6 Å². The van der Waals surface area contributed by atoms with Crippen LogP contribution in [-0.4, -0.2) is 30.0 Å². The number of hydrogen-bond acceptors (Lipinski definition) is 4. The Morgan fingerprint density at radius 3 is 2.38 bits per heavy atom. The van der Waals surface area contributed by atoms with Crippen LogP contribution >= 0.6 is 11.6 Å². The van der Waals surface area contributed by atoms with E-state index in [0.717, 1.165) is 67.9 Å². The number of H-pyrrole nitrogens is 1. The summed E-state index contributed by atoms with van der Waals surface area (Å²) in [6.45, 7) is 7.30. The number of nitrogens with one attached hydrogen (secondary N) is 2. The van der Waals surface area contributed by atoms with Gasteiger partial charge in [-0.2, -0.15) is 5.10 Å². The van der Waals surface area contributed by atoms with Gasteiger partial charge in [-0.3, -0.25) is 5.10 Å².